The first-order valence-corrected chi connectivity index (χ1v) is 6.23. The molecule has 0 saturated heterocycles. The fourth-order valence-corrected chi connectivity index (χ4v) is 1.76. The van der Waals surface area contributed by atoms with Gasteiger partial charge in [0, 0.05) is 0 Å². The minimum atomic E-state index is -1.09. The van der Waals surface area contributed by atoms with Crippen LogP contribution in [-0.4, -0.2) is 52.7 Å². The molecule has 1 N–H and O–H groups in total. The average molecular weight is 278 g/mol. The van der Waals surface area contributed by atoms with Crippen LogP contribution < -0.4 is 0 Å². The molecule has 106 valence electrons. The lowest BCUT2D eigenvalue weighted by atomic mass is 10.1. The number of nitrogens with zero attached hydrogens (tertiary/aromatic N) is 4. The fourth-order valence-electron chi connectivity index (χ4n) is 1.76. The largest absolute Gasteiger partial charge is 0.480 e. The van der Waals surface area contributed by atoms with E-state index in [1.54, 1.807) is 6.92 Å². The van der Waals surface area contributed by atoms with Gasteiger partial charge in [0.05, 0.1) is 5.71 Å². The summed E-state index contributed by atoms with van der Waals surface area (Å²) in [5, 5.41) is 16.3. The molecule has 0 fully saturated rings. The third-order valence-electron chi connectivity index (χ3n) is 2.72. The molecule has 0 saturated carbocycles. The summed E-state index contributed by atoms with van der Waals surface area (Å²) in [7, 11) is 0. The molecule has 0 radical (unpaired) electrons. The molecule has 1 unspecified atom stereocenters. The fraction of sp³-hybridized carbons (Fsp3) is 0.500. The van der Waals surface area contributed by atoms with Crippen molar-refractivity contribution in [2.24, 2.45) is 20.2 Å². The molecule has 8 nitrogen and oxygen atoms in total. The van der Waals surface area contributed by atoms with E-state index in [0.717, 1.165) is 6.42 Å². The van der Waals surface area contributed by atoms with Crippen molar-refractivity contribution in [3.8, 4) is 0 Å². The van der Waals surface area contributed by atoms with Gasteiger partial charge in [-0.05, 0) is 13.3 Å². The minimum Gasteiger partial charge on any atom is -0.480 e. The van der Waals surface area contributed by atoms with Crippen LogP contribution in [0, 0.1) is 0 Å². The number of carbonyl (C=O) groups excluding carboxylic acids is 1. The predicted octanol–water partition coefficient (Wildman–Crippen LogP) is 0.467. The van der Waals surface area contributed by atoms with Crippen molar-refractivity contribution in [2.45, 2.75) is 32.8 Å². The molecule has 2 heterocycles. The number of ether oxygens (including phenoxy) is 1. The number of hydrogen-bond acceptors (Lipinski definition) is 6. The number of carboxylic acids is 1. The van der Waals surface area contributed by atoms with Crippen molar-refractivity contribution in [3.05, 3.63) is 0 Å². The van der Waals surface area contributed by atoms with Crippen molar-refractivity contribution in [1.29, 1.82) is 0 Å². The first-order chi connectivity index (χ1) is 9.52. The van der Waals surface area contributed by atoms with Gasteiger partial charge in [-0.25, -0.2) is 9.79 Å². The van der Waals surface area contributed by atoms with Gasteiger partial charge in [0.1, 0.15) is 18.4 Å². The van der Waals surface area contributed by atoms with Crippen LogP contribution in [0.15, 0.2) is 20.2 Å². The smallest absolute Gasteiger partial charge is 0.329 e. The van der Waals surface area contributed by atoms with Crippen LogP contribution >= 0.6 is 0 Å². The maximum atomic E-state index is 11.8. The Morgan fingerprint density at radius 2 is 2.05 bits per heavy atom. The van der Waals surface area contributed by atoms with Crippen molar-refractivity contribution in [2.75, 3.05) is 6.61 Å². The van der Waals surface area contributed by atoms with Crippen LogP contribution in [0.5, 0.6) is 0 Å². The highest BCUT2D eigenvalue weighted by Gasteiger charge is 2.32. The number of hydrogen-bond donors (Lipinski definition) is 1. The maximum Gasteiger partial charge on any atom is 0.329 e. The second-order valence-corrected chi connectivity index (χ2v) is 4.33. The highest BCUT2D eigenvalue weighted by atomic mass is 16.5. The zero-order chi connectivity index (χ0) is 14.7. The Balaban J connectivity index is 2.17. The summed E-state index contributed by atoms with van der Waals surface area (Å²) in [4.78, 5) is 30.3. The number of amides is 1. The quantitative estimate of drug-likeness (QED) is 0.760. The molecule has 0 aromatic heterocycles. The normalized spacial score (nSPS) is 18.8. The van der Waals surface area contributed by atoms with Crippen molar-refractivity contribution < 1.29 is 19.4 Å². The molecule has 0 bridgehead atoms. The van der Waals surface area contributed by atoms with E-state index in [-0.39, 0.29) is 11.5 Å². The highest BCUT2D eigenvalue weighted by Crippen LogP contribution is 2.13. The number of carbonyl (C=O) groups is 2. The SMILES string of the molecule is CCCC1=NN=C2C(=O)N=C(C(C)OCC(=O)O)N=C12. The topological polar surface area (TPSA) is 113 Å². The highest BCUT2D eigenvalue weighted by molar-refractivity contribution is 6.84. The third-order valence-corrected chi connectivity index (χ3v) is 2.72. The molecule has 0 aromatic rings. The van der Waals surface area contributed by atoms with E-state index >= 15 is 0 Å². The molecule has 2 rings (SSSR count). The standard InChI is InChI=1S/C12H14N4O4/c1-3-4-7-9-10(16-15-7)12(19)14-11(13-9)6(2)20-5-8(17)18/h6H,3-5H2,1-2H3,(H,17,18). The van der Waals surface area contributed by atoms with Gasteiger partial charge in [-0.2, -0.15) is 10.1 Å². The van der Waals surface area contributed by atoms with E-state index in [9.17, 15) is 9.59 Å². The van der Waals surface area contributed by atoms with Crippen molar-refractivity contribution >= 4 is 34.8 Å². The third kappa shape index (κ3) is 2.85. The Bertz CT molecular complexity index is 574. The summed E-state index contributed by atoms with van der Waals surface area (Å²) in [5.74, 6) is -1.47. The van der Waals surface area contributed by atoms with E-state index in [4.69, 9.17) is 9.84 Å². The van der Waals surface area contributed by atoms with Crippen LogP contribution in [0.2, 0.25) is 0 Å². The lowest BCUT2D eigenvalue weighted by Crippen LogP contribution is -2.35. The number of fused-ring (bicyclic) bond motifs is 1. The van der Waals surface area contributed by atoms with E-state index < -0.39 is 24.6 Å². The van der Waals surface area contributed by atoms with Crippen LogP contribution in [0.3, 0.4) is 0 Å². The van der Waals surface area contributed by atoms with Crippen LogP contribution in [0.25, 0.3) is 0 Å². The Morgan fingerprint density at radius 3 is 2.70 bits per heavy atom. The Hall–Kier alpha value is -2.22. The monoisotopic (exact) mass is 278 g/mol. The lowest BCUT2D eigenvalue weighted by Gasteiger charge is -2.15. The first kappa shape index (κ1) is 14.2. The number of aliphatic imine (C=N–C) groups is 2. The number of carboxylic acid groups (broad SMARTS) is 1. The summed E-state index contributed by atoms with van der Waals surface area (Å²) in [6.07, 6.45) is 0.830. The van der Waals surface area contributed by atoms with Gasteiger partial charge in [0.2, 0.25) is 0 Å². The zero-order valence-electron chi connectivity index (χ0n) is 11.2. The molecule has 2 aliphatic heterocycles. The molecular formula is C12H14N4O4. The second kappa shape index (κ2) is 5.83. The van der Waals surface area contributed by atoms with E-state index in [1.807, 2.05) is 6.92 Å². The zero-order valence-corrected chi connectivity index (χ0v) is 11.2. The summed E-state index contributed by atoms with van der Waals surface area (Å²) in [5.41, 5.74) is 1.21. The summed E-state index contributed by atoms with van der Waals surface area (Å²) in [6, 6.07) is 0. The summed E-state index contributed by atoms with van der Waals surface area (Å²) >= 11 is 0. The van der Waals surface area contributed by atoms with Gasteiger partial charge < -0.3 is 9.84 Å². The van der Waals surface area contributed by atoms with Gasteiger partial charge in [-0.15, -0.1) is 5.10 Å². The number of rotatable bonds is 6. The predicted molar refractivity (Wildman–Crippen MR) is 72.7 cm³/mol. The van der Waals surface area contributed by atoms with Crippen LogP contribution in [0.1, 0.15) is 26.7 Å². The molecule has 1 atom stereocenters. The number of amidine groups is 1. The van der Waals surface area contributed by atoms with Gasteiger partial charge >= 0.3 is 11.9 Å². The van der Waals surface area contributed by atoms with Crippen LogP contribution in [-0.2, 0) is 14.3 Å². The molecule has 2 aliphatic rings. The lowest BCUT2D eigenvalue weighted by molar-refractivity contribution is -0.142. The summed E-state index contributed by atoms with van der Waals surface area (Å²) < 4.78 is 5.07. The average Bonchev–Trinajstić information content (AvgIpc) is 2.80. The van der Waals surface area contributed by atoms with Gasteiger partial charge in [0.15, 0.2) is 11.5 Å². The Kier molecular flexibility index (Phi) is 4.14. The van der Waals surface area contributed by atoms with E-state index in [0.29, 0.717) is 17.8 Å². The first-order valence-electron chi connectivity index (χ1n) is 6.23. The molecule has 0 spiro atoms. The molecule has 8 heteroatoms. The van der Waals surface area contributed by atoms with Gasteiger partial charge in [0.25, 0.3) is 0 Å². The maximum absolute atomic E-state index is 11.8. The second-order valence-electron chi connectivity index (χ2n) is 4.33. The van der Waals surface area contributed by atoms with E-state index in [2.05, 4.69) is 20.2 Å². The molecule has 0 aromatic carbocycles. The van der Waals surface area contributed by atoms with Crippen LogP contribution in [0.4, 0.5) is 0 Å². The Labute approximate surface area is 115 Å². The van der Waals surface area contributed by atoms with Gasteiger partial charge in [-0.1, -0.05) is 13.3 Å². The molecule has 20 heavy (non-hydrogen) atoms. The molecular weight excluding hydrogens is 264 g/mol. The molecule has 1 amide bonds. The van der Waals surface area contributed by atoms with E-state index in [1.165, 1.54) is 0 Å². The van der Waals surface area contributed by atoms with Crippen molar-refractivity contribution in [1.82, 2.24) is 0 Å². The molecule has 0 aliphatic carbocycles. The number of aliphatic carboxylic acids is 1. The van der Waals surface area contributed by atoms with Gasteiger partial charge in [-0.3, -0.25) is 4.79 Å². The Morgan fingerprint density at radius 1 is 1.30 bits per heavy atom. The summed E-state index contributed by atoms with van der Waals surface area (Å²) in [6.45, 7) is 3.10. The van der Waals surface area contributed by atoms with Crippen molar-refractivity contribution in [3.63, 3.8) is 0 Å². The minimum absolute atomic E-state index is 0.141.